The van der Waals surface area contributed by atoms with Gasteiger partial charge in [-0.2, -0.15) is 0 Å². The number of benzene rings is 2. The molecule has 0 saturated heterocycles. The van der Waals surface area contributed by atoms with E-state index in [0.29, 0.717) is 23.7 Å². The Morgan fingerprint density at radius 3 is 2.54 bits per heavy atom. The third-order valence-electron chi connectivity index (χ3n) is 3.72. The molecular weight excluding hydrogens is 326 g/mol. The van der Waals surface area contributed by atoms with Gasteiger partial charge in [0, 0.05) is 11.6 Å². The Bertz CT molecular complexity index is 688. The molecule has 5 heteroatoms. The van der Waals surface area contributed by atoms with Crippen molar-refractivity contribution in [3.05, 3.63) is 58.6 Å². The molecule has 0 bridgehead atoms. The van der Waals surface area contributed by atoms with Crippen LogP contribution in [0.3, 0.4) is 0 Å². The highest BCUT2D eigenvalue weighted by molar-refractivity contribution is 6.31. The highest BCUT2D eigenvalue weighted by Crippen LogP contribution is 2.27. The Kier molecular flexibility index (Phi) is 6.94. The van der Waals surface area contributed by atoms with Crippen molar-refractivity contribution in [2.24, 2.45) is 0 Å². The summed E-state index contributed by atoms with van der Waals surface area (Å²) in [5.41, 5.74) is 1.99. The molecule has 0 aliphatic heterocycles. The van der Waals surface area contributed by atoms with Crippen molar-refractivity contribution in [1.29, 1.82) is 0 Å². The van der Waals surface area contributed by atoms with Gasteiger partial charge >= 0.3 is 0 Å². The zero-order valence-corrected chi connectivity index (χ0v) is 14.7. The van der Waals surface area contributed by atoms with Crippen molar-refractivity contribution in [3.8, 4) is 11.5 Å². The van der Waals surface area contributed by atoms with Crippen LogP contribution in [0, 0.1) is 0 Å². The molecule has 2 rings (SSSR count). The summed E-state index contributed by atoms with van der Waals surface area (Å²) in [6.07, 6.45) is 2.01. The van der Waals surface area contributed by atoms with Crippen LogP contribution in [0.4, 0.5) is 0 Å². The van der Waals surface area contributed by atoms with Gasteiger partial charge in [0.15, 0.2) is 11.5 Å². The first-order chi connectivity index (χ1) is 11.6. The van der Waals surface area contributed by atoms with E-state index in [1.54, 1.807) is 20.3 Å². The molecule has 0 heterocycles. The van der Waals surface area contributed by atoms with Crippen molar-refractivity contribution in [1.82, 2.24) is 5.32 Å². The second kappa shape index (κ2) is 9.18. The average molecular weight is 348 g/mol. The molecule has 0 aliphatic carbocycles. The number of rotatable bonds is 8. The van der Waals surface area contributed by atoms with Gasteiger partial charge in [-0.15, -0.1) is 0 Å². The lowest BCUT2D eigenvalue weighted by Gasteiger charge is -2.10. The number of hydrogen-bond acceptors (Lipinski definition) is 3. The van der Waals surface area contributed by atoms with Gasteiger partial charge in [-0.3, -0.25) is 4.79 Å². The predicted molar refractivity (Wildman–Crippen MR) is 96.0 cm³/mol. The topological polar surface area (TPSA) is 47.6 Å². The minimum Gasteiger partial charge on any atom is -0.493 e. The van der Waals surface area contributed by atoms with E-state index in [2.05, 4.69) is 5.32 Å². The molecule has 2 aromatic carbocycles. The van der Waals surface area contributed by atoms with Crippen LogP contribution in [0.15, 0.2) is 42.5 Å². The number of ether oxygens (including phenoxy) is 2. The fourth-order valence-electron chi connectivity index (χ4n) is 2.43. The normalized spacial score (nSPS) is 10.3. The molecule has 0 atom stereocenters. The minimum absolute atomic E-state index is 0.0181. The molecule has 2 aromatic rings. The van der Waals surface area contributed by atoms with E-state index >= 15 is 0 Å². The molecular formula is C19H22ClNO3. The fraction of sp³-hybridized carbons (Fsp3) is 0.316. The van der Waals surface area contributed by atoms with Crippen LogP contribution in [-0.4, -0.2) is 26.7 Å². The van der Waals surface area contributed by atoms with E-state index in [1.807, 2.05) is 36.4 Å². The zero-order valence-electron chi connectivity index (χ0n) is 14.0. The van der Waals surface area contributed by atoms with E-state index in [0.717, 1.165) is 29.7 Å². The van der Waals surface area contributed by atoms with E-state index in [-0.39, 0.29) is 5.91 Å². The van der Waals surface area contributed by atoms with Gasteiger partial charge in [0.05, 0.1) is 20.6 Å². The summed E-state index contributed by atoms with van der Waals surface area (Å²) in [4.78, 5) is 12.0. The van der Waals surface area contributed by atoms with Gasteiger partial charge in [-0.25, -0.2) is 0 Å². The lowest BCUT2D eigenvalue weighted by molar-refractivity contribution is -0.120. The van der Waals surface area contributed by atoms with Crippen molar-refractivity contribution in [2.45, 2.75) is 19.3 Å². The highest BCUT2D eigenvalue weighted by Gasteiger charge is 2.07. The van der Waals surface area contributed by atoms with Crippen LogP contribution in [0.2, 0.25) is 5.02 Å². The van der Waals surface area contributed by atoms with E-state index in [4.69, 9.17) is 21.1 Å². The molecule has 4 nitrogen and oxygen atoms in total. The van der Waals surface area contributed by atoms with Crippen LogP contribution >= 0.6 is 11.6 Å². The number of halogens is 1. The number of methoxy groups -OCH3 is 2. The van der Waals surface area contributed by atoms with Crippen molar-refractivity contribution in [3.63, 3.8) is 0 Å². The summed E-state index contributed by atoms with van der Waals surface area (Å²) in [5.74, 6) is 1.42. The molecule has 0 unspecified atom stereocenters. The van der Waals surface area contributed by atoms with Crippen LogP contribution in [-0.2, 0) is 17.6 Å². The summed E-state index contributed by atoms with van der Waals surface area (Å²) >= 11 is 6.06. The number of nitrogens with one attached hydrogen (secondary N) is 1. The first-order valence-electron chi connectivity index (χ1n) is 7.85. The van der Waals surface area contributed by atoms with Crippen molar-refractivity contribution >= 4 is 17.5 Å². The number of aryl methyl sites for hydroxylation is 1. The largest absolute Gasteiger partial charge is 0.493 e. The van der Waals surface area contributed by atoms with Gasteiger partial charge < -0.3 is 14.8 Å². The van der Waals surface area contributed by atoms with Crippen LogP contribution in [0.5, 0.6) is 11.5 Å². The molecule has 0 aromatic heterocycles. The summed E-state index contributed by atoms with van der Waals surface area (Å²) in [6.45, 7) is 0.623. The number of hydrogen-bond donors (Lipinski definition) is 1. The van der Waals surface area contributed by atoms with Crippen LogP contribution in [0.1, 0.15) is 17.5 Å². The predicted octanol–water partition coefficient (Wildman–Crippen LogP) is 3.65. The Labute approximate surface area is 147 Å². The molecule has 128 valence electrons. The summed E-state index contributed by atoms with van der Waals surface area (Å²) in [7, 11) is 3.24. The van der Waals surface area contributed by atoms with Crippen LogP contribution < -0.4 is 14.8 Å². The smallest absolute Gasteiger partial charge is 0.224 e. The first-order valence-corrected chi connectivity index (χ1v) is 8.23. The third-order valence-corrected chi connectivity index (χ3v) is 4.09. The van der Waals surface area contributed by atoms with Gasteiger partial charge in [0.1, 0.15) is 0 Å². The standard InChI is InChI=1S/C19H22ClNO3/c1-23-17-10-9-14(12-18(17)24-2)6-5-11-21-19(22)13-15-7-3-4-8-16(15)20/h3-4,7-10,12H,5-6,11,13H2,1-2H3,(H,21,22). The molecule has 1 amide bonds. The Morgan fingerprint density at radius 2 is 1.83 bits per heavy atom. The lowest BCUT2D eigenvalue weighted by Crippen LogP contribution is -2.26. The maximum absolute atomic E-state index is 12.0. The Hall–Kier alpha value is -2.20. The number of carbonyl (C=O) groups excluding carboxylic acids is 1. The average Bonchev–Trinajstić information content (AvgIpc) is 2.60. The Morgan fingerprint density at radius 1 is 1.08 bits per heavy atom. The molecule has 0 aliphatic rings. The molecule has 0 spiro atoms. The summed E-state index contributed by atoms with van der Waals surface area (Å²) in [5, 5.41) is 3.55. The maximum Gasteiger partial charge on any atom is 0.224 e. The van der Waals surface area contributed by atoms with Crippen molar-refractivity contribution in [2.75, 3.05) is 20.8 Å². The second-order valence-electron chi connectivity index (χ2n) is 5.41. The SMILES string of the molecule is COc1ccc(CCCNC(=O)Cc2ccccc2Cl)cc1OC. The number of amides is 1. The molecule has 1 N–H and O–H groups in total. The number of carbonyl (C=O) groups is 1. The third kappa shape index (κ3) is 5.17. The van der Waals surface area contributed by atoms with E-state index in [1.165, 1.54) is 0 Å². The molecule has 0 saturated carbocycles. The lowest BCUT2D eigenvalue weighted by atomic mass is 10.1. The molecule has 0 radical (unpaired) electrons. The molecule has 0 fully saturated rings. The minimum atomic E-state index is -0.0181. The van der Waals surface area contributed by atoms with Gasteiger partial charge in [-0.05, 0) is 42.2 Å². The first kappa shape index (κ1) is 18.1. The van der Waals surface area contributed by atoms with E-state index < -0.39 is 0 Å². The van der Waals surface area contributed by atoms with Crippen molar-refractivity contribution < 1.29 is 14.3 Å². The summed E-state index contributed by atoms with van der Waals surface area (Å²) in [6, 6.07) is 13.3. The second-order valence-corrected chi connectivity index (χ2v) is 5.82. The van der Waals surface area contributed by atoms with Gasteiger partial charge in [0.2, 0.25) is 5.91 Å². The zero-order chi connectivity index (χ0) is 17.4. The summed E-state index contributed by atoms with van der Waals surface area (Å²) < 4.78 is 10.5. The van der Waals surface area contributed by atoms with Crippen LogP contribution in [0.25, 0.3) is 0 Å². The van der Waals surface area contributed by atoms with E-state index in [9.17, 15) is 4.79 Å². The molecule has 24 heavy (non-hydrogen) atoms. The fourth-order valence-corrected chi connectivity index (χ4v) is 2.64. The highest BCUT2D eigenvalue weighted by atomic mass is 35.5. The maximum atomic E-state index is 12.0. The van der Waals surface area contributed by atoms with Gasteiger partial charge in [-0.1, -0.05) is 35.9 Å². The van der Waals surface area contributed by atoms with Gasteiger partial charge in [0.25, 0.3) is 0 Å². The monoisotopic (exact) mass is 347 g/mol. The quantitative estimate of drug-likeness (QED) is 0.741. The Balaban J connectivity index is 1.76.